The van der Waals surface area contributed by atoms with Crippen LogP contribution in [0.2, 0.25) is 0 Å². The maximum Gasteiger partial charge on any atom is 0.146 e. The summed E-state index contributed by atoms with van der Waals surface area (Å²) in [6, 6.07) is 19.9. The average molecular weight is 391 g/mol. The predicted octanol–water partition coefficient (Wildman–Crippen LogP) is 1.14. The molecule has 27 heavy (non-hydrogen) atoms. The van der Waals surface area contributed by atoms with Gasteiger partial charge in [0, 0.05) is 13.1 Å². The average Bonchev–Trinajstić information content (AvgIpc) is 2.97. The van der Waals surface area contributed by atoms with Crippen molar-refractivity contribution in [3.8, 4) is 0 Å². The minimum atomic E-state index is -1.25. The molecule has 0 spiro atoms. The van der Waals surface area contributed by atoms with Gasteiger partial charge < -0.3 is 25.2 Å². The molecule has 1 heterocycles. The predicted molar refractivity (Wildman–Crippen MR) is 103 cm³/mol. The summed E-state index contributed by atoms with van der Waals surface area (Å²) < 4.78 is 7.71. The molecule has 7 heteroatoms. The van der Waals surface area contributed by atoms with Crippen molar-refractivity contribution in [2.24, 2.45) is 0 Å². The quantitative estimate of drug-likeness (QED) is 0.502. The van der Waals surface area contributed by atoms with E-state index < -0.39 is 36.5 Å². The first-order chi connectivity index (χ1) is 13.1. The molecule has 0 saturated carbocycles. The molecule has 1 aliphatic heterocycles. The standard InChI is InChI=1S/C20H25NO5S/c22-13-16(23)19-17(24)18(25)20(26-19)27-21(11-14-7-3-1-4-8-14)12-15-9-5-2-6-10-15/h1-10,16-20,22-25H,11-13H2/t16-,17-,18-,19+,20+/m1/s1. The molecule has 3 rings (SSSR count). The number of rotatable bonds is 8. The Morgan fingerprint density at radius 3 is 1.89 bits per heavy atom. The smallest absolute Gasteiger partial charge is 0.146 e. The summed E-state index contributed by atoms with van der Waals surface area (Å²) in [5.41, 5.74) is 1.49. The van der Waals surface area contributed by atoms with Gasteiger partial charge in [0.05, 0.1) is 6.61 Å². The summed E-state index contributed by atoms with van der Waals surface area (Å²) in [7, 11) is 0. The van der Waals surface area contributed by atoms with E-state index in [9.17, 15) is 15.3 Å². The third kappa shape index (κ3) is 5.30. The van der Waals surface area contributed by atoms with Crippen LogP contribution >= 0.6 is 11.9 Å². The van der Waals surface area contributed by atoms with Gasteiger partial charge in [0.15, 0.2) is 0 Å². The maximum absolute atomic E-state index is 10.3. The van der Waals surface area contributed by atoms with Gasteiger partial charge in [-0.15, -0.1) is 0 Å². The second-order valence-corrected chi connectivity index (χ2v) is 7.77. The summed E-state index contributed by atoms with van der Waals surface area (Å²) in [5, 5.41) is 39.4. The molecule has 0 amide bonds. The molecule has 2 aromatic rings. The first-order valence-corrected chi connectivity index (χ1v) is 9.72. The topological polar surface area (TPSA) is 93.4 Å². The van der Waals surface area contributed by atoms with Crippen molar-refractivity contribution in [3.05, 3.63) is 71.8 Å². The lowest BCUT2D eigenvalue weighted by Crippen LogP contribution is -2.40. The SMILES string of the molecule is OC[C@@H](O)[C@@H]1O[C@@H](SN(Cc2ccccc2)Cc2ccccc2)[C@H](O)[C@H]1O. The third-order valence-corrected chi connectivity index (χ3v) is 5.63. The van der Waals surface area contributed by atoms with Gasteiger partial charge in [-0.3, -0.25) is 0 Å². The van der Waals surface area contributed by atoms with Gasteiger partial charge in [-0.25, -0.2) is 4.31 Å². The monoisotopic (exact) mass is 391 g/mol. The lowest BCUT2D eigenvalue weighted by molar-refractivity contribution is -0.0715. The van der Waals surface area contributed by atoms with E-state index in [2.05, 4.69) is 4.31 Å². The van der Waals surface area contributed by atoms with Crippen molar-refractivity contribution in [2.75, 3.05) is 6.61 Å². The Morgan fingerprint density at radius 1 is 0.889 bits per heavy atom. The Morgan fingerprint density at radius 2 is 1.41 bits per heavy atom. The minimum Gasteiger partial charge on any atom is -0.394 e. The van der Waals surface area contributed by atoms with E-state index in [0.717, 1.165) is 11.1 Å². The lowest BCUT2D eigenvalue weighted by atomic mass is 10.1. The second kappa shape index (κ2) is 9.66. The number of nitrogens with zero attached hydrogens (tertiary/aromatic N) is 1. The Kier molecular flexibility index (Phi) is 7.26. The zero-order valence-electron chi connectivity index (χ0n) is 14.8. The summed E-state index contributed by atoms with van der Waals surface area (Å²) in [6.07, 6.45) is -4.66. The Hall–Kier alpha value is -1.45. The number of aliphatic hydroxyl groups excluding tert-OH is 4. The van der Waals surface area contributed by atoms with E-state index >= 15 is 0 Å². The van der Waals surface area contributed by atoms with Crippen LogP contribution in [-0.2, 0) is 17.8 Å². The van der Waals surface area contributed by atoms with Crippen molar-refractivity contribution in [1.29, 1.82) is 0 Å². The van der Waals surface area contributed by atoms with Crippen LogP contribution in [0.4, 0.5) is 0 Å². The highest BCUT2D eigenvalue weighted by molar-refractivity contribution is 7.97. The number of benzene rings is 2. The molecule has 6 nitrogen and oxygen atoms in total. The van der Waals surface area contributed by atoms with Crippen LogP contribution in [0.1, 0.15) is 11.1 Å². The van der Waals surface area contributed by atoms with Crippen LogP contribution < -0.4 is 0 Å². The molecule has 0 radical (unpaired) electrons. The summed E-state index contributed by atoms with van der Waals surface area (Å²) in [5.74, 6) is 0. The number of aliphatic hydroxyl groups is 4. The van der Waals surface area contributed by atoms with Crippen LogP contribution in [0, 0.1) is 0 Å². The first kappa shape index (κ1) is 20.3. The molecule has 1 aliphatic rings. The van der Waals surface area contributed by atoms with Gasteiger partial charge in [0.2, 0.25) is 0 Å². The van der Waals surface area contributed by atoms with Crippen molar-refractivity contribution in [2.45, 2.75) is 42.9 Å². The van der Waals surface area contributed by atoms with E-state index in [0.29, 0.717) is 13.1 Å². The van der Waals surface area contributed by atoms with Gasteiger partial charge in [0.25, 0.3) is 0 Å². The van der Waals surface area contributed by atoms with E-state index in [1.165, 1.54) is 11.9 Å². The summed E-state index contributed by atoms with van der Waals surface area (Å²) in [4.78, 5) is 0. The zero-order chi connectivity index (χ0) is 19.2. The third-order valence-electron chi connectivity index (χ3n) is 4.48. The van der Waals surface area contributed by atoms with Gasteiger partial charge in [-0.2, -0.15) is 0 Å². The van der Waals surface area contributed by atoms with E-state index in [1.54, 1.807) is 0 Å². The fourth-order valence-electron chi connectivity index (χ4n) is 3.03. The molecular weight excluding hydrogens is 366 g/mol. The highest BCUT2D eigenvalue weighted by atomic mass is 32.2. The summed E-state index contributed by atoms with van der Waals surface area (Å²) >= 11 is 1.29. The normalized spacial score (nSPS) is 26.4. The number of hydrogen-bond acceptors (Lipinski definition) is 7. The fourth-order valence-corrected chi connectivity index (χ4v) is 4.24. The van der Waals surface area contributed by atoms with Crippen LogP contribution in [0.15, 0.2) is 60.7 Å². The van der Waals surface area contributed by atoms with E-state index in [1.807, 2.05) is 60.7 Å². The van der Waals surface area contributed by atoms with Crippen LogP contribution in [0.25, 0.3) is 0 Å². The first-order valence-electron chi connectivity index (χ1n) is 8.88. The van der Waals surface area contributed by atoms with Gasteiger partial charge in [-0.1, -0.05) is 60.7 Å². The summed E-state index contributed by atoms with van der Waals surface area (Å²) in [6.45, 7) is 0.705. The van der Waals surface area contributed by atoms with E-state index in [4.69, 9.17) is 9.84 Å². The molecule has 2 aromatic carbocycles. The molecule has 4 N–H and O–H groups in total. The Bertz CT molecular complexity index is 648. The zero-order valence-corrected chi connectivity index (χ0v) is 15.7. The van der Waals surface area contributed by atoms with Crippen molar-refractivity contribution >= 4 is 11.9 Å². The van der Waals surface area contributed by atoms with Crippen molar-refractivity contribution in [1.82, 2.24) is 4.31 Å². The van der Waals surface area contributed by atoms with Crippen molar-refractivity contribution in [3.63, 3.8) is 0 Å². The molecule has 5 atom stereocenters. The Balaban J connectivity index is 1.72. The van der Waals surface area contributed by atoms with Crippen LogP contribution in [0.3, 0.4) is 0 Å². The Labute approximate surface area is 163 Å². The van der Waals surface area contributed by atoms with Crippen LogP contribution in [0.5, 0.6) is 0 Å². The van der Waals surface area contributed by atoms with Crippen LogP contribution in [-0.4, -0.2) is 61.2 Å². The molecule has 0 unspecified atom stereocenters. The lowest BCUT2D eigenvalue weighted by Gasteiger charge is -2.26. The molecule has 146 valence electrons. The molecular formula is C20H25NO5S. The molecule has 0 aliphatic carbocycles. The number of ether oxygens (including phenoxy) is 1. The molecule has 0 aromatic heterocycles. The molecule has 0 bridgehead atoms. The minimum absolute atomic E-state index is 0.538. The van der Waals surface area contributed by atoms with Gasteiger partial charge >= 0.3 is 0 Å². The highest BCUT2D eigenvalue weighted by Crippen LogP contribution is 2.34. The van der Waals surface area contributed by atoms with Crippen molar-refractivity contribution < 1.29 is 25.2 Å². The molecule has 1 saturated heterocycles. The fraction of sp³-hybridized carbons (Fsp3) is 0.400. The maximum atomic E-state index is 10.3. The largest absolute Gasteiger partial charge is 0.394 e. The number of hydrogen-bond donors (Lipinski definition) is 4. The van der Waals surface area contributed by atoms with Gasteiger partial charge in [0.1, 0.15) is 29.9 Å². The van der Waals surface area contributed by atoms with Gasteiger partial charge in [-0.05, 0) is 23.1 Å². The second-order valence-electron chi connectivity index (χ2n) is 6.57. The highest BCUT2D eigenvalue weighted by Gasteiger charge is 2.46. The van der Waals surface area contributed by atoms with E-state index in [-0.39, 0.29) is 0 Å². The molecule has 1 fully saturated rings.